The molecule has 0 fully saturated rings. The van der Waals surface area contributed by atoms with Crippen LogP contribution < -0.4 is 10.9 Å². The number of nitrogens with zero attached hydrogens (tertiary/aromatic N) is 4. The molecule has 9 heteroatoms. The second kappa shape index (κ2) is 9.42. The molecule has 0 bridgehead atoms. The number of thioether (sulfide) groups is 1. The van der Waals surface area contributed by atoms with E-state index in [-0.39, 0.29) is 23.8 Å². The maximum atomic E-state index is 12.9. The zero-order chi connectivity index (χ0) is 22.7. The number of rotatable bonds is 7. The molecule has 0 aliphatic heterocycles. The Bertz CT molecular complexity index is 1360. The van der Waals surface area contributed by atoms with Crippen molar-refractivity contribution in [2.45, 2.75) is 18.6 Å². The molecule has 2 aromatic heterocycles. The molecule has 0 aliphatic carbocycles. The molecule has 0 saturated carbocycles. The van der Waals surface area contributed by atoms with Crippen molar-refractivity contribution < 1.29 is 4.79 Å². The predicted molar refractivity (Wildman–Crippen MR) is 129 cm³/mol. The van der Waals surface area contributed by atoms with Crippen LogP contribution in [0.5, 0.6) is 0 Å². The van der Waals surface area contributed by atoms with Crippen LogP contribution in [0.4, 0.5) is 5.82 Å². The van der Waals surface area contributed by atoms with Gasteiger partial charge in [0.1, 0.15) is 5.82 Å². The molecule has 1 N–H and O–H groups in total. The molecule has 0 radical (unpaired) electrons. The monoisotopic (exact) mass is 465 g/mol. The SMILES string of the molecule is C=CCn1c(SCC(=O)Nc2cc(C)nn2-c2ccccc2)nc2cc(Cl)ccc2c1=O. The van der Waals surface area contributed by atoms with Gasteiger partial charge in [0, 0.05) is 17.6 Å². The number of fused-ring (bicyclic) bond motifs is 1. The number of para-hydroxylation sites is 1. The topological polar surface area (TPSA) is 81.8 Å². The van der Waals surface area contributed by atoms with Gasteiger partial charge in [-0.2, -0.15) is 5.10 Å². The van der Waals surface area contributed by atoms with Gasteiger partial charge in [-0.25, -0.2) is 9.67 Å². The molecular formula is C23H20ClN5O2S. The van der Waals surface area contributed by atoms with E-state index < -0.39 is 0 Å². The minimum atomic E-state index is -0.238. The van der Waals surface area contributed by atoms with Crippen molar-refractivity contribution in [2.24, 2.45) is 0 Å². The third kappa shape index (κ3) is 4.61. The van der Waals surface area contributed by atoms with E-state index in [1.54, 1.807) is 35.0 Å². The van der Waals surface area contributed by atoms with Crippen LogP contribution in [0, 0.1) is 6.92 Å². The summed E-state index contributed by atoms with van der Waals surface area (Å²) in [4.78, 5) is 30.2. The Hall–Kier alpha value is -3.36. The van der Waals surface area contributed by atoms with Gasteiger partial charge in [-0.3, -0.25) is 14.2 Å². The highest BCUT2D eigenvalue weighted by Gasteiger charge is 2.15. The second-order valence-electron chi connectivity index (χ2n) is 7.02. The summed E-state index contributed by atoms with van der Waals surface area (Å²) in [6.07, 6.45) is 1.62. The number of anilines is 1. The highest BCUT2D eigenvalue weighted by atomic mass is 35.5. The largest absolute Gasteiger partial charge is 0.310 e. The molecule has 4 aromatic rings. The van der Waals surface area contributed by atoms with Gasteiger partial charge in [0.15, 0.2) is 5.16 Å². The minimum absolute atomic E-state index is 0.0642. The normalized spacial score (nSPS) is 10.9. The number of allylic oxidation sites excluding steroid dienone is 1. The maximum Gasteiger partial charge on any atom is 0.262 e. The number of nitrogens with one attached hydrogen (secondary N) is 1. The summed E-state index contributed by atoms with van der Waals surface area (Å²) < 4.78 is 3.18. The Morgan fingerprint density at radius 1 is 1.22 bits per heavy atom. The number of aromatic nitrogens is 4. The van der Waals surface area contributed by atoms with Crippen molar-refractivity contribution in [1.29, 1.82) is 0 Å². The van der Waals surface area contributed by atoms with Gasteiger partial charge in [-0.15, -0.1) is 6.58 Å². The van der Waals surface area contributed by atoms with Gasteiger partial charge in [0.2, 0.25) is 5.91 Å². The summed E-state index contributed by atoms with van der Waals surface area (Å²) in [6.45, 7) is 5.87. The van der Waals surface area contributed by atoms with Crippen molar-refractivity contribution in [3.63, 3.8) is 0 Å². The van der Waals surface area contributed by atoms with Crippen LogP contribution in [-0.4, -0.2) is 31.0 Å². The number of hydrogen-bond donors (Lipinski definition) is 1. The first kappa shape index (κ1) is 21.9. The van der Waals surface area contributed by atoms with Gasteiger partial charge in [-0.1, -0.05) is 47.6 Å². The number of benzene rings is 2. The van der Waals surface area contributed by atoms with E-state index in [1.165, 1.54) is 16.3 Å². The summed E-state index contributed by atoms with van der Waals surface area (Å²) in [6, 6.07) is 16.3. The summed E-state index contributed by atoms with van der Waals surface area (Å²) in [5.41, 5.74) is 1.91. The van der Waals surface area contributed by atoms with Crippen LogP contribution in [0.1, 0.15) is 5.69 Å². The van der Waals surface area contributed by atoms with Gasteiger partial charge in [0.05, 0.1) is 28.0 Å². The first-order valence-electron chi connectivity index (χ1n) is 9.82. The zero-order valence-corrected chi connectivity index (χ0v) is 18.9. The molecule has 2 aromatic carbocycles. The lowest BCUT2D eigenvalue weighted by atomic mass is 10.2. The van der Waals surface area contributed by atoms with Crippen LogP contribution >= 0.6 is 23.4 Å². The lowest BCUT2D eigenvalue weighted by Crippen LogP contribution is -2.24. The van der Waals surface area contributed by atoms with Crippen molar-refractivity contribution in [1.82, 2.24) is 19.3 Å². The first-order valence-corrected chi connectivity index (χ1v) is 11.2. The van der Waals surface area contributed by atoms with E-state index in [0.717, 1.165) is 11.4 Å². The Morgan fingerprint density at radius 2 is 2.00 bits per heavy atom. The van der Waals surface area contributed by atoms with E-state index in [4.69, 9.17) is 11.6 Å². The summed E-state index contributed by atoms with van der Waals surface area (Å²) in [7, 11) is 0. The molecule has 0 saturated heterocycles. The minimum Gasteiger partial charge on any atom is -0.310 e. The summed E-state index contributed by atoms with van der Waals surface area (Å²) in [5.74, 6) is 0.396. The Balaban J connectivity index is 1.57. The van der Waals surface area contributed by atoms with Crippen molar-refractivity contribution in [3.05, 3.63) is 88.3 Å². The number of halogens is 1. The molecule has 4 rings (SSSR count). The molecule has 0 spiro atoms. The first-order chi connectivity index (χ1) is 15.5. The maximum absolute atomic E-state index is 12.9. The molecular weight excluding hydrogens is 446 g/mol. The van der Waals surface area contributed by atoms with E-state index in [0.29, 0.717) is 26.9 Å². The zero-order valence-electron chi connectivity index (χ0n) is 17.3. The Labute approximate surface area is 193 Å². The van der Waals surface area contributed by atoms with Gasteiger partial charge >= 0.3 is 0 Å². The molecule has 7 nitrogen and oxygen atoms in total. The molecule has 162 valence electrons. The molecule has 0 atom stereocenters. The van der Waals surface area contributed by atoms with Crippen molar-refractivity contribution in [2.75, 3.05) is 11.1 Å². The lowest BCUT2D eigenvalue weighted by Gasteiger charge is -2.12. The third-order valence-corrected chi connectivity index (χ3v) is 5.84. The van der Waals surface area contributed by atoms with E-state index >= 15 is 0 Å². The van der Waals surface area contributed by atoms with Crippen LogP contribution in [-0.2, 0) is 11.3 Å². The lowest BCUT2D eigenvalue weighted by molar-refractivity contribution is -0.113. The Kier molecular flexibility index (Phi) is 6.43. The number of carbonyl (C=O) groups excluding carboxylic acids is 1. The summed E-state index contributed by atoms with van der Waals surface area (Å²) >= 11 is 7.24. The van der Waals surface area contributed by atoms with Crippen molar-refractivity contribution in [3.8, 4) is 5.69 Å². The molecule has 0 unspecified atom stereocenters. The van der Waals surface area contributed by atoms with E-state index in [2.05, 4.69) is 22.0 Å². The molecule has 1 amide bonds. The average molecular weight is 466 g/mol. The number of amides is 1. The highest BCUT2D eigenvalue weighted by Crippen LogP contribution is 2.22. The average Bonchev–Trinajstić information content (AvgIpc) is 3.14. The fourth-order valence-electron chi connectivity index (χ4n) is 3.24. The second-order valence-corrected chi connectivity index (χ2v) is 8.39. The van der Waals surface area contributed by atoms with E-state index in [1.807, 2.05) is 37.3 Å². The molecule has 0 aliphatic rings. The van der Waals surface area contributed by atoms with Crippen molar-refractivity contribution >= 4 is 46.0 Å². The highest BCUT2D eigenvalue weighted by molar-refractivity contribution is 7.99. The fraction of sp³-hybridized carbons (Fsp3) is 0.130. The molecule has 32 heavy (non-hydrogen) atoms. The van der Waals surface area contributed by atoms with Gasteiger partial charge in [-0.05, 0) is 37.3 Å². The van der Waals surface area contributed by atoms with Gasteiger partial charge in [0.25, 0.3) is 5.56 Å². The quantitative estimate of drug-likeness (QED) is 0.247. The standard InChI is InChI=1S/C23H20ClN5O2S/c1-3-11-28-22(31)18-10-9-16(24)13-19(18)25-23(28)32-14-21(30)26-20-12-15(2)27-29(20)17-7-5-4-6-8-17/h3-10,12-13H,1,11,14H2,2H3,(H,26,30). The van der Waals surface area contributed by atoms with Gasteiger partial charge < -0.3 is 5.32 Å². The predicted octanol–water partition coefficient (Wildman–Crippen LogP) is 4.46. The fourth-order valence-corrected chi connectivity index (χ4v) is 4.21. The molecule has 2 heterocycles. The van der Waals surface area contributed by atoms with Crippen LogP contribution in [0.2, 0.25) is 5.02 Å². The number of carbonyl (C=O) groups is 1. The Morgan fingerprint density at radius 3 is 2.75 bits per heavy atom. The van der Waals surface area contributed by atoms with Crippen LogP contribution in [0.25, 0.3) is 16.6 Å². The van der Waals surface area contributed by atoms with Crippen LogP contribution in [0.15, 0.2) is 77.2 Å². The van der Waals surface area contributed by atoms with E-state index in [9.17, 15) is 9.59 Å². The number of aryl methyl sites for hydroxylation is 1. The third-order valence-electron chi connectivity index (χ3n) is 4.63. The summed E-state index contributed by atoms with van der Waals surface area (Å²) in [5, 5.41) is 8.73. The number of hydrogen-bond acceptors (Lipinski definition) is 5. The smallest absolute Gasteiger partial charge is 0.262 e. The van der Waals surface area contributed by atoms with Crippen LogP contribution in [0.3, 0.4) is 0 Å².